The molecule has 0 spiro atoms. The SMILES string of the molecule is CCc1nc(N2CC[NH+](c3cccc(C)c3)CC2)c2oc3ccccc3c2n1.[Cl-]. The normalized spacial score (nSPS) is 15.0. The fraction of sp³-hybridized carbons (Fsp3) is 0.304. The molecule has 29 heavy (non-hydrogen) atoms. The second-order valence-corrected chi connectivity index (χ2v) is 7.55. The zero-order valence-electron chi connectivity index (χ0n) is 16.8. The summed E-state index contributed by atoms with van der Waals surface area (Å²) in [6.45, 7) is 8.27. The quantitative estimate of drug-likeness (QED) is 0.529. The molecule has 0 aliphatic carbocycles. The van der Waals surface area contributed by atoms with Crippen LogP contribution in [0.1, 0.15) is 18.3 Å². The highest BCUT2D eigenvalue weighted by Gasteiger charge is 2.26. The first-order valence-electron chi connectivity index (χ1n) is 10.1. The zero-order valence-corrected chi connectivity index (χ0v) is 17.5. The molecule has 5 rings (SSSR count). The molecule has 0 amide bonds. The Kier molecular flexibility index (Phi) is 5.43. The first-order chi connectivity index (χ1) is 13.7. The molecule has 1 fully saturated rings. The molecule has 3 heterocycles. The number of aromatic nitrogens is 2. The van der Waals surface area contributed by atoms with Crippen molar-refractivity contribution >= 4 is 33.6 Å². The topological polar surface area (TPSA) is 46.6 Å². The van der Waals surface area contributed by atoms with Gasteiger partial charge in [0.1, 0.15) is 22.6 Å². The number of quaternary nitrogens is 1. The number of benzene rings is 2. The highest BCUT2D eigenvalue weighted by Crippen LogP contribution is 2.33. The number of nitrogens with one attached hydrogen (secondary N) is 1. The number of nitrogens with zero attached hydrogens (tertiary/aromatic N) is 3. The third-order valence-corrected chi connectivity index (χ3v) is 5.66. The van der Waals surface area contributed by atoms with Crippen LogP contribution in [0.2, 0.25) is 0 Å². The Bertz CT molecular complexity index is 1150. The minimum absolute atomic E-state index is 0. The monoisotopic (exact) mass is 408 g/mol. The van der Waals surface area contributed by atoms with Crippen LogP contribution in [0.25, 0.3) is 22.1 Å². The highest BCUT2D eigenvalue weighted by atomic mass is 35.5. The van der Waals surface area contributed by atoms with Crippen LogP contribution in [-0.4, -0.2) is 36.1 Å². The molecule has 1 aliphatic heterocycles. The first-order valence-corrected chi connectivity index (χ1v) is 10.1. The van der Waals surface area contributed by atoms with Gasteiger partial charge in [-0.1, -0.05) is 31.2 Å². The van der Waals surface area contributed by atoms with Gasteiger partial charge < -0.3 is 21.7 Å². The van der Waals surface area contributed by atoms with Crippen LogP contribution in [-0.2, 0) is 6.42 Å². The number of aryl methyl sites for hydroxylation is 2. The van der Waals surface area contributed by atoms with Gasteiger partial charge in [0, 0.05) is 17.9 Å². The molecule has 0 bridgehead atoms. The molecule has 0 radical (unpaired) electrons. The van der Waals surface area contributed by atoms with Gasteiger partial charge in [-0.2, -0.15) is 0 Å². The van der Waals surface area contributed by atoms with Crippen LogP contribution in [0.15, 0.2) is 52.9 Å². The Balaban J connectivity index is 0.00000205. The van der Waals surface area contributed by atoms with E-state index in [4.69, 9.17) is 14.4 Å². The summed E-state index contributed by atoms with van der Waals surface area (Å²) in [5.74, 6) is 1.82. The molecule has 1 saturated heterocycles. The Hall–Kier alpha value is -2.63. The second-order valence-electron chi connectivity index (χ2n) is 7.55. The predicted octanol–water partition coefficient (Wildman–Crippen LogP) is 0.287. The number of anilines is 1. The summed E-state index contributed by atoms with van der Waals surface area (Å²) in [4.78, 5) is 13.5. The van der Waals surface area contributed by atoms with Crippen molar-refractivity contribution in [2.24, 2.45) is 0 Å². The van der Waals surface area contributed by atoms with Gasteiger partial charge in [0.05, 0.1) is 26.2 Å². The molecular weight excluding hydrogens is 384 g/mol. The van der Waals surface area contributed by atoms with Crippen molar-refractivity contribution in [2.75, 3.05) is 31.1 Å². The van der Waals surface area contributed by atoms with Crippen molar-refractivity contribution in [3.05, 3.63) is 59.9 Å². The van der Waals surface area contributed by atoms with Gasteiger partial charge >= 0.3 is 0 Å². The molecular formula is C23H25ClN4O. The fourth-order valence-corrected chi connectivity index (χ4v) is 4.14. The van der Waals surface area contributed by atoms with E-state index in [0.717, 1.165) is 66.3 Å². The Labute approximate surface area is 176 Å². The molecule has 4 aromatic rings. The number of hydrogen-bond donors (Lipinski definition) is 1. The van der Waals surface area contributed by atoms with E-state index >= 15 is 0 Å². The van der Waals surface area contributed by atoms with Crippen molar-refractivity contribution in [1.29, 1.82) is 0 Å². The van der Waals surface area contributed by atoms with Crippen LogP contribution in [0, 0.1) is 6.92 Å². The van der Waals surface area contributed by atoms with Crippen molar-refractivity contribution in [1.82, 2.24) is 9.97 Å². The third-order valence-electron chi connectivity index (χ3n) is 5.66. The first kappa shape index (κ1) is 19.7. The van der Waals surface area contributed by atoms with Gasteiger partial charge in [0.2, 0.25) is 0 Å². The summed E-state index contributed by atoms with van der Waals surface area (Å²) in [7, 11) is 0. The van der Waals surface area contributed by atoms with Gasteiger partial charge in [0.25, 0.3) is 0 Å². The predicted molar refractivity (Wildman–Crippen MR) is 112 cm³/mol. The van der Waals surface area contributed by atoms with E-state index in [1.807, 2.05) is 18.2 Å². The van der Waals surface area contributed by atoms with Gasteiger partial charge in [-0.25, -0.2) is 9.97 Å². The number of fused-ring (bicyclic) bond motifs is 3. The van der Waals surface area contributed by atoms with E-state index < -0.39 is 0 Å². The van der Waals surface area contributed by atoms with Crippen molar-refractivity contribution in [2.45, 2.75) is 20.3 Å². The summed E-state index contributed by atoms with van der Waals surface area (Å²) in [5.41, 5.74) is 5.33. The fourth-order valence-electron chi connectivity index (χ4n) is 4.14. The van der Waals surface area contributed by atoms with Gasteiger partial charge in [-0.3, -0.25) is 4.90 Å². The molecule has 0 saturated carbocycles. The molecule has 2 aromatic carbocycles. The maximum atomic E-state index is 6.19. The summed E-state index contributed by atoms with van der Waals surface area (Å²) in [5, 5.41) is 1.07. The summed E-state index contributed by atoms with van der Waals surface area (Å²) in [6.07, 6.45) is 0.816. The van der Waals surface area contributed by atoms with Crippen LogP contribution in [0.3, 0.4) is 0 Å². The van der Waals surface area contributed by atoms with Crippen molar-refractivity contribution < 1.29 is 21.7 Å². The molecule has 1 N–H and O–H groups in total. The smallest absolute Gasteiger partial charge is 0.196 e. The van der Waals surface area contributed by atoms with E-state index in [2.05, 4.69) is 49.1 Å². The average molecular weight is 409 g/mol. The molecule has 150 valence electrons. The van der Waals surface area contributed by atoms with E-state index in [9.17, 15) is 0 Å². The highest BCUT2D eigenvalue weighted by molar-refractivity contribution is 6.05. The third kappa shape index (κ3) is 3.56. The van der Waals surface area contributed by atoms with E-state index in [1.165, 1.54) is 16.2 Å². The molecule has 0 unspecified atom stereocenters. The summed E-state index contributed by atoms with van der Waals surface area (Å²) >= 11 is 0. The second kappa shape index (κ2) is 8.01. The van der Waals surface area contributed by atoms with E-state index in [0.29, 0.717) is 0 Å². The van der Waals surface area contributed by atoms with Gasteiger partial charge in [0.15, 0.2) is 11.4 Å². The summed E-state index contributed by atoms with van der Waals surface area (Å²) < 4.78 is 6.19. The Morgan fingerprint density at radius 2 is 1.83 bits per heavy atom. The number of halogens is 1. The van der Waals surface area contributed by atoms with Crippen molar-refractivity contribution in [3.63, 3.8) is 0 Å². The Morgan fingerprint density at radius 3 is 2.59 bits per heavy atom. The number of furan rings is 1. The Morgan fingerprint density at radius 1 is 1.03 bits per heavy atom. The summed E-state index contributed by atoms with van der Waals surface area (Å²) in [6, 6.07) is 17.0. The largest absolute Gasteiger partial charge is 1.00 e. The number of hydrogen-bond acceptors (Lipinski definition) is 4. The van der Waals surface area contributed by atoms with Gasteiger partial charge in [-0.15, -0.1) is 0 Å². The molecule has 0 atom stereocenters. The maximum Gasteiger partial charge on any atom is 0.196 e. The number of rotatable bonds is 3. The molecule has 6 heteroatoms. The minimum atomic E-state index is 0. The van der Waals surface area contributed by atoms with Crippen molar-refractivity contribution in [3.8, 4) is 0 Å². The lowest BCUT2D eigenvalue weighted by atomic mass is 10.2. The maximum absolute atomic E-state index is 6.19. The number of piperazine rings is 1. The van der Waals surface area contributed by atoms with E-state index in [1.54, 1.807) is 0 Å². The van der Waals surface area contributed by atoms with E-state index in [-0.39, 0.29) is 12.4 Å². The minimum Gasteiger partial charge on any atom is -1.00 e. The van der Waals surface area contributed by atoms with Gasteiger partial charge in [-0.05, 0) is 30.7 Å². The molecule has 5 nitrogen and oxygen atoms in total. The van der Waals surface area contributed by atoms with Crippen LogP contribution in [0.4, 0.5) is 11.5 Å². The lowest BCUT2D eigenvalue weighted by molar-refractivity contribution is -0.833. The van der Waals surface area contributed by atoms with Crippen LogP contribution < -0.4 is 22.2 Å². The molecule has 1 aliphatic rings. The lowest BCUT2D eigenvalue weighted by Gasteiger charge is -2.32. The average Bonchev–Trinajstić information content (AvgIpc) is 3.12. The molecule has 2 aromatic heterocycles. The van der Waals surface area contributed by atoms with Crippen LogP contribution >= 0.6 is 0 Å². The standard InChI is InChI=1S/C23H24N4O.ClH/c1-3-20-24-21-18-9-4-5-10-19(18)28-22(21)23(25-20)27-13-11-26(12-14-27)17-8-6-7-16(2)15-17;/h4-10,15H,3,11-14H2,1-2H3;1H. The van der Waals surface area contributed by atoms with Crippen LogP contribution in [0.5, 0.6) is 0 Å². The number of para-hydroxylation sites is 1. The lowest BCUT2D eigenvalue weighted by Crippen LogP contribution is -3.10. The zero-order chi connectivity index (χ0) is 19.1.